The van der Waals surface area contributed by atoms with Crippen LogP contribution in [0.4, 0.5) is 5.69 Å². The van der Waals surface area contributed by atoms with E-state index in [0.717, 1.165) is 0 Å². The highest BCUT2D eigenvalue weighted by atomic mass is 127. The summed E-state index contributed by atoms with van der Waals surface area (Å²) >= 11 is 5.52. The summed E-state index contributed by atoms with van der Waals surface area (Å²) in [6.07, 6.45) is 0. The molecule has 0 aromatic heterocycles. The summed E-state index contributed by atoms with van der Waals surface area (Å²) in [5, 5.41) is 9.05. The minimum Gasteiger partial charge on any atom is -0.478 e. The van der Waals surface area contributed by atoms with Crippen LogP contribution in [0.1, 0.15) is 20.7 Å². The lowest BCUT2D eigenvalue weighted by Crippen LogP contribution is -2.20. The van der Waals surface area contributed by atoms with Gasteiger partial charge in [0.1, 0.15) is 0 Å². The Morgan fingerprint density at radius 1 is 1.00 bits per heavy atom. The van der Waals surface area contributed by atoms with Gasteiger partial charge >= 0.3 is 5.97 Å². The summed E-state index contributed by atoms with van der Waals surface area (Å²) in [5.74, 6) is -1.81. The molecule has 8 heteroatoms. The van der Waals surface area contributed by atoms with Gasteiger partial charge in [0.15, 0.2) is 0 Å². The van der Waals surface area contributed by atoms with Crippen LogP contribution >= 0.6 is 67.8 Å². The van der Waals surface area contributed by atoms with E-state index in [-0.39, 0.29) is 16.8 Å². The van der Waals surface area contributed by atoms with Crippen LogP contribution in [0.3, 0.4) is 0 Å². The van der Waals surface area contributed by atoms with Crippen LogP contribution in [0, 0.1) is 10.7 Å². The number of anilines is 1. The average molecular weight is 558 g/mol. The molecule has 0 bridgehead atoms. The highest BCUT2D eigenvalue weighted by Gasteiger charge is 2.25. The number of carbonyl (C=O) groups is 2. The van der Waals surface area contributed by atoms with Crippen LogP contribution in [0.2, 0.25) is 0 Å². The predicted octanol–water partition coefficient (Wildman–Crippen LogP) is 1.88. The second kappa shape index (κ2) is 5.20. The molecule has 86 valence electrons. The van der Waals surface area contributed by atoms with E-state index in [1.807, 2.05) is 45.2 Å². The number of carboxylic acids is 1. The van der Waals surface area contributed by atoms with Crippen molar-refractivity contribution in [2.45, 2.75) is 0 Å². The summed E-state index contributed by atoms with van der Waals surface area (Å²) < 4.78 is 1.23. The van der Waals surface area contributed by atoms with Crippen LogP contribution < -0.4 is 11.5 Å². The van der Waals surface area contributed by atoms with Gasteiger partial charge in [-0.3, -0.25) is 4.79 Å². The largest absolute Gasteiger partial charge is 0.478 e. The van der Waals surface area contributed by atoms with E-state index in [9.17, 15) is 9.59 Å². The van der Waals surface area contributed by atoms with Gasteiger partial charge in [0, 0.05) is 3.57 Å². The number of carbonyl (C=O) groups excluding carboxylic acids is 1. The first kappa shape index (κ1) is 14.2. The second-order valence-corrected chi connectivity index (χ2v) is 6.01. The lowest BCUT2D eigenvalue weighted by atomic mass is 10.1. The minimum absolute atomic E-state index is 0.0212. The highest BCUT2D eigenvalue weighted by molar-refractivity contribution is 14.1. The Labute approximate surface area is 132 Å². The molecule has 5 nitrogen and oxygen atoms in total. The Bertz CT molecular complexity index is 461. The maximum absolute atomic E-state index is 11.2. The van der Waals surface area contributed by atoms with Gasteiger partial charge in [-0.05, 0) is 67.8 Å². The van der Waals surface area contributed by atoms with Gasteiger partial charge in [-0.25, -0.2) is 4.79 Å². The smallest absolute Gasteiger partial charge is 0.337 e. The third kappa shape index (κ3) is 2.37. The van der Waals surface area contributed by atoms with Crippen LogP contribution in [-0.2, 0) is 0 Å². The van der Waals surface area contributed by atoms with Gasteiger partial charge in [-0.15, -0.1) is 0 Å². The molecule has 16 heavy (non-hydrogen) atoms. The van der Waals surface area contributed by atoms with E-state index in [2.05, 4.69) is 0 Å². The first-order valence-corrected chi connectivity index (χ1v) is 7.01. The van der Waals surface area contributed by atoms with E-state index in [4.69, 9.17) is 16.6 Å². The van der Waals surface area contributed by atoms with Crippen molar-refractivity contribution in [3.8, 4) is 0 Å². The van der Waals surface area contributed by atoms with Crippen molar-refractivity contribution in [2.75, 3.05) is 5.73 Å². The van der Waals surface area contributed by atoms with Crippen LogP contribution in [-0.4, -0.2) is 17.0 Å². The number of carboxylic acid groups (broad SMARTS) is 1. The zero-order valence-electron chi connectivity index (χ0n) is 7.55. The van der Waals surface area contributed by atoms with E-state index < -0.39 is 11.9 Å². The molecule has 0 saturated carbocycles. The molecule has 0 radical (unpaired) electrons. The standard InChI is InChI=1S/C8H5I3N2O3/c9-3-1(7(13)14)4(10)6(12)5(11)2(3)8(15)16/h12H2,(H2,13,14)(H,15,16). The maximum atomic E-state index is 11.2. The number of benzene rings is 1. The van der Waals surface area contributed by atoms with Crippen molar-refractivity contribution in [1.82, 2.24) is 0 Å². The van der Waals surface area contributed by atoms with Crippen molar-refractivity contribution in [1.29, 1.82) is 0 Å². The highest BCUT2D eigenvalue weighted by Crippen LogP contribution is 2.33. The fourth-order valence-electron chi connectivity index (χ4n) is 1.09. The average Bonchev–Trinajstić information content (AvgIpc) is 2.13. The molecule has 1 aromatic carbocycles. The van der Waals surface area contributed by atoms with Gasteiger partial charge in [0.05, 0.1) is 24.0 Å². The van der Waals surface area contributed by atoms with Crippen molar-refractivity contribution < 1.29 is 14.7 Å². The molecule has 1 rings (SSSR count). The molecule has 0 atom stereocenters. The number of hydrogen-bond donors (Lipinski definition) is 3. The van der Waals surface area contributed by atoms with E-state index in [1.54, 1.807) is 22.6 Å². The fraction of sp³-hybridized carbons (Fsp3) is 0. The van der Waals surface area contributed by atoms with E-state index in [0.29, 0.717) is 10.7 Å². The number of amides is 1. The lowest BCUT2D eigenvalue weighted by Gasteiger charge is -2.12. The predicted molar refractivity (Wildman–Crippen MR) is 84.5 cm³/mol. The molecule has 0 unspecified atom stereocenters. The van der Waals surface area contributed by atoms with E-state index in [1.165, 1.54) is 0 Å². The third-order valence-electron chi connectivity index (χ3n) is 1.81. The molecule has 0 spiro atoms. The van der Waals surface area contributed by atoms with Crippen molar-refractivity contribution in [3.63, 3.8) is 0 Å². The number of halogens is 3. The topological polar surface area (TPSA) is 106 Å². The Kier molecular flexibility index (Phi) is 4.62. The van der Waals surface area contributed by atoms with Gasteiger partial charge in [0.25, 0.3) is 5.91 Å². The maximum Gasteiger partial charge on any atom is 0.337 e. The zero-order chi connectivity index (χ0) is 12.6. The first-order chi connectivity index (χ1) is 7.29. The molecule has 1 amide bonds. The molecule has 1 aromatic rings. The van der Waals surface area contributed by atoms with Crippen molar-refractivity contribution in [2.24, 2.45) is 5.73 Å². The Morgan fingerprint density at radius 2 is 1.44 bits per heavy atom. The molecule has 5 N–H and O–H groups in total. The Morgan fingerprint density at radius 3 is 1.81 bits per heavy atom. The third-order valence-corrected chi connectivity index (χ3v) is 5.13. The number of hydrogen-bond acceptors (Lipinski definition) is 3. The molecular weight excluding hydrogens is 553 g/mol. The fourth-order valence-corrected chi connectivity index (χ4v) is 5.25. The van der Waals surface area contributed by atoms with E-state index >= 15 is 0 Å². The number of nitrogen functional groups attached to an aromatic ring is 1. The monoisotopic (exact) mass is 558 g/mol. The van der Waals surface area contributed by atoms with Crippen molar-refractivity contribution in [3.05, 3.63) is 21.8 Å². The SMILES string of the molecule is NC(=O)c1c(I)c(N)c(I)c(C(=O)O)c1I. The molecule has 0 aliphatic carbocycles. The number of primary amides is 1. The normalized spacial score (nSPS) is 10.2. The second-order valence-electron chi connectivity index (χ2n) is 2.78. The van der Waals surface area contributed by atoms with Gasteiger partial charge in [-0.1, -0.05) is 0 Å². The van der Waals surface area contributed by atoms with Gasteiger partial charge < -0.3 is 16.6 Å². The van der Waals surface area contributed by atoms with Crippen molar-refractivity contribution >= 4 is 85.3 Å². The zero-order valence-corrected chi connectivity index (χ0v) is 14.0. The Balaban J connectivity index is 3.80. The first-order valence-electron chi connectivity index (χ1n) is 3.78. The minimum atomic E-state index is -1.13. The summed E-state index contributed by atoms with van der Waals surface area (Å²) in [4.78, 5) is 22.3. The molecule has 0 aliphatic heterocycles. The number of nitrogens with two attached hydrogens (primary N) is 2. The number of rotatable bonds is 2. The lowest BCUT2D eigenvalue weighted by molar-refractivity contribution is 0.0694. The molecule has 0 aliphatic rings. The van der Waals surface area contributed by atoms with Crippen LogP contribution in [0.5, 0.6) is 0 Å². The molecule has 0 fully saturated rings. The molecule has 0 heterocycles. The Hall–Kier alpha value is 0.150. The quantitative estimate of drug-likeness (QED) is 0.381. The van der Waals surface area contributed by atoms with Gasteiger partial charge in [0.2, 0.25) is 0 Å². The summed E-state index contributed by atoms with van der Waals surface area (Å²) in [5.41, 5.74) is 11.4. The molecular formula is C8H5I3N2O3. The molecule has 0 saturated heterocycles. The van der Waals surface area contributed by atoms with Crippen LogP contribution in [0.25, 0.3) is 0 Å². The number of aromatic carboxylic acids is 1. The van der Waals surface area contributed by atoms with Gasteiger partial charge in [-0.2, -0.15) is 0 Å². The van der Waals surface area contributed by atoms with Crippen LogP contribution in [0.15, 0.2) is 0 Å². The summed E-state index contributed by atoms with van der Waals surface area (Å²) in [7, 11) is 0. The summed E-state index contributed by atoms with van der Waals surface area (Å²) in [6, 6.07) is 0. The summed E-state index contributed by atoms with van der Waals surface area (Å²) in [6.45, 7) is 0.